The molecule has 0 aromatic rings. The molecule has 12 heavy (non-hydrogen) atoms. The lowest BCUT2D eigenvalue weighted by Gasteiger charge is -2.35. The summed E-state index contributed by atoms with van der Waals surface area (Å²) in [6, 6.07) is 0.607. The van der Waals surface area contributed by atoms with E-state index in [4.69, 9.17) is 0 Å². The largest absolute Gasteiger partial charge is 0.390 e. The van der Waals surface area contributed by atoms with Gasteiger partial charge < -0.3 is 10.4 Å². The monoisotopic (exact) mass is 169 g/mol. The minimum atomic E-state index is -0.449. The van der Waals surface area contributed by atoms with Crippen LogP contribution in [0.4, 0.5) is 0 Å². The molecule has 0 radical (unpaired) electrons. The normalized spacial score (nSPS) is 36.3. The molecule has 0 unspecified atom stereocenters. The first-order valence-electron chi connectivity index (χ1n) is 4.71. The molecule has 0 saturated heterocycles. The maximum absolute atomic E-state index is 9.99. The molecule has 0 aliphatic heterocycles. The molecular weight excluding hydrogens is 150 g/mol. The van der Waals surface area contributed by atoms with Crippen LogP contribution >= 0.6 is 0 Å². The van der Waals surface area contributed by atoms with E-state index < -0.39 is 5.60 Å². The topological polar surface area (TPSA) is 32.3 Å². The van der Waals surface area contributed by atoms with Crippen molar-refractivity contribution in [3.8, 4) is 0 Å². The minimum absolute atomic E-state index is 0.449. The van der Waals surface area contributed by atoms with Crippen LogP contribution in [0.2, 0.25) is 0 Å². The zero-order valence-electron chi connectivity index (χ0n) is 7.84. The predicted octanol–water partition coefficient (Wildman–Crippen LogP) is 1.46. The molecule has 0 atom stereocenters. The molecule has 70 valence electrons. The van der Waals surface area contributed by atoms with Gasteiger partial charge in [0.15, 0.2) is 0 Å². The molecule has 0 aromatic heterocycles. The molecule has 0 heterocycles. The quantitative estimate of drug-likeness (QED) is 0.627. The minimum Gasteiger partial charge on any atom is -0.390 e. The van der Waals surface area contributed by atoms with Gasteiger partial charge in [0.1, 0.15) is 0 Å². The highest BCUT2D eigenvalue weighted by atomic mass is 16.3. The Balaban J connectivity index is 2.38. The summed E-state index contributed by atoms with van der Waals surface area (Å²) >= 11 is 0. The Hall–Kier alpha value is -0.340. The van der Waals surface area contributed by atoms with Crippen LogP contribution in [0.25, 0.3) is 0 Å². The summed E-state index contributed by atoms with van der Waals surface area (Å²) < 4.78 is 0. The third-order valence-electron chi connectivity index (χ3n) is 2.85. The van der Waals surface area contributed by atoms with Gasteiger partial charge >= 0.3 is 0 Å². The average molecular weight is 169 g/mol. The fourth-order valence-electron chi connectivity index (χ4n) is 1.92. The molecule has 0 aromatic carbocycles. The van der Waals surface area contributed by atoms with Crippen LogP contribution in [0.1, 0.15) is 32.1 Å². The molecule has 1 aliphatic rings. The number of hydrogen-bond acceptors (Lipinski definition) is 2. The van der Waals surface area contributed by atoms with Crippen molar-refractivity contribution >= 4 is 0 Å². The van der Waals surface area contributed by atoms with Crippen molar-refractivity contribution < 1.29 is 5.11 Å². The number of hydrogen-bond donors (Lipinski definition) is 2. The Morgan fingerprint density at radius 3 is 2.58 bits per heavy atom. The van der Waals surface area contributed by atoms with Gasteiger partial charge in [-0.2, -0.15) is 0 Å². The Morgan fingerprint density at radius 2 is 2.17 bits per heavy atom. The Bertz CT molecular complexity index is 148. The van der Waals surface area contributed by atoms with E-state index >= 15 is 0 Å². The van der Waals surface area contributed by atoms with Crippen LogP contribution in [0.15, 0.2) is 12.7 Å². The van der Waals surface area contributed by atoms with Crippen LogP contribution in [0, 0.1) is 0 Å². The van der Waals surface area contributed by atoms with Crippen molar-refractivity contribution in [2.24, 2.45) is 0 Å². The SMILES string of the molecule is C=CCC1(O)CCC(NC)CC1. The fraction of sp³-hybridized carbons (Fsp3) is 0.800. The summed E-state index contributed by atoms with van der Waals surface area (Å²) in [6.45, 7) is 3.66. The van der Waals surface area contributed by atoms with Gasteiger partial charge in [0, 0.05) is 6.04 Å². The highest BCUT2D eigenvalue weighted by Crippen LogP contribution is 2.30. The van der Waals surface area contributed by atoms with Crippen molar-refractivity contribution in [3.05, 3.63) is 12.7 Å². The molecule has 0 bridgehead atoms. The lowest BCUT2D eigenvalue weighted by Crippen LogP contribution is -2.39. The third kappa shape index (κ3) is 2.32. The number of nitrogens with one attached hydrogen (secondary N) is 1. The first-order chi connectivity index (χ1) is 5.70. The van der Waals surface area contributed by atoms with Gasteiger partial charge in [0.25, 0.3) is 0 Å². The van der Waals surface area contributed by atoms with Crippen molar-refractivity contribution in [3.63, 3.8) is 0 Å². The molecule has 1 saturated carbocycles. The van der Waals surface area contributed by atoms with E-state index in [1.807, 2.05) is 13.1 Å². The number of aliphatic hydroxyl groups is 1. The van der Waals surface area contributed by atoms with Gasteiger partial charge in [-0.25, -0.2) is 0 Å². The van der Waals surface area contributed by atoms with Crippen LogP contribution in [-0.2, 0) is 0 Å². The van der Waals surface area contributed by atoms with E-state index in [2.05, 4.69) is 11.9 Å². The summed E-state index contributed by atoms with van der Waals surface area (Å²) in [4.78, 5) is 0. The second-order valence-electron chi connectivity index (χ2n) is 3.78. The molecule has 0 amide bonds. The third-order valence-corrected chi connectivity index (χ3v) is 2.85. The second-order valence-corrected chi connectivity index (χ2v) is 3.78. The van der Waals surface area contributed by atoms with E-state index in [-0.39, 0.29) is 0 Å². The van der Waals surface area contributed by atoms with E-state index in [1.54, 1.807) is 0 Å². The van der Waals surface area contributed by atoms with E-state index in [1.165, 1.54) is 0 Å². The maximum atomic E-state index is 9.99. The summed E-state index contributed by atoms with van der Waals surface area (Å²) in [5, 5.41) is 13.2. The van der Waals surface area contributed by atoms with Gasteiger partial charge in [-0.1, -0.05) is 6.08 Å². The standard InChI is InChI=1S/C10H19NO/c1-3-6-10(12)7-4-9(11-2)5-8-10/h3,9,11-12H,1,4-8H2,2H3. The molecule has 1 aliphatic carbocycles. The molecule has 2 N–H and O–H groups in total. The van der Waals surface area contributed by atoms with Crippen molar-refractivity contribution in [2.75, 3.05) is 7.05 Å². The summed E-state index contributed by atoms with van der Waals surface area (Å²) in [6.07, 6.45) is 6.54. The zero-order chi connectivity index (χ0) is 9.03. The number of rotatable bonds is 3. The summed E-state index contributed by atoms with van der Waals surface area (Å²) in [5.41, 5.74) is -0.449. The summed E-state index contributed by atoms with van der Waals surface area (Å²) in [7, 11) is 1.99. The lowest BCUT2D eigenvalue weighted by molar-refractivity contribution is 0.0000242. The Morgan fingerprint density at radius 1 is 1.58 bits per heavy atom. The van der Waals surface area contributed by atoms with E-state index in [0.29, 0.717) is 6.04 Å². The molecular formula is C10H19NO. The highest BCUT2D eigenvalue weighted by molar-refractivity contribution is 4.92. The first kappa shape index (κ1) is 9.75. The fourth-order valence-corrected chi connectivity index (χ4v) is 1.92. The van der Waals surface area contributed by atoms with Crippen LogP contribution in [0.3, 0.4) is 0 Å². The van der Waals surface area contributed by atoms with Gasteiger partial charge in [-0.15, -0.1) is 6.58 Å². The molecule has 2 nitrogen and oxygen atoms in total. The molecule has 0 spiro atoms. The van der Waals surface area contributed by atoms with Crippen molar-refractivity contribution in [2.45, 2.75) is 43.7 Å². The van der Waals surface area contributed by atoms with E-state index in [0.717, 1.165) is 32.1 Å². The molecule has 2 heteroatoms. The van der Waals surface area contributed by atoms with Crippen LogP contribution in [0.5, 0.6) is 0 Å². The van der Waals surface area contributed by atoms with Crippen molar-refractivity contribution in [1.29, 1.82) is 0 Å². The lowest BCUT2D eigenvalue weighted by atomic mass is 9.80. The second kappa shape index (κ2) is 4.06. The Kier molecular flexibility index (Phi) is 3.29. The predicted molar refractivity (Wildman–Crippen MR) is 51.1 cm³/mol. The van der Waals surface area contributed by atoms with Gasteiger partial charge in [0.05, 0.1) is 5.60 Å². The molecule has 1 rings (SSSR count). The van der Waals surface area contributed by atoms with Crippen LogP contribution < -0.4 is 5.32 Å². The first-order valence-corrected chi connectivity index (χ1v) is 4.71. The Labute approximate surface area is 74.7 Å². The average Bonchev–Trinajstić information content (AvgIpc) is 2.06. The van der Waals surface area contributed by atoms with Crippen LogP contribution in [-0.4, -0.2) is 23.8 Å². The maximum Gasteiger partial charge on any atom is 0.0683 e. The van der Waals surface area contributed by atoms with E-state index in [9.17, 15) is 5.11 Å². The van der Waals surface area contributed by atoms with Gasteiger partial charge in [-0.3, -0.25) is 0 Å². The van der Waals surface area contributed by atoms with Gasteiger partial charge in [0.2, 0.25) is 0 Å². The molecule has 1 fully saturated rings. The summed E-state index contributed by atoms with van der Waals surface area (Å²) in [5.74, 6) is 0. The smallest absolute Gasteiger partial charge is 0.0683 e. The van der Waals surface area contributed by atoms with Crippen molar-refractivity contribution in [1.82, 2.24) is 5.32 Å². The van der Waals surface area contributed by atoms with Gasteiger partial charge in [-0.05, 0) is 39.2 Å². The zero-order valence-corrected chi connectivity index (χ0v) is 7.84. The highest BCUT2D eigenvalue weighted by Gasteiger charge is 2.31.